The molecule has 0 radical (unpaired) electrons. The topological polar surface area (TPSA) is 59.5 Å². The largest absolute Gasteiger partial charge is 0.317 e. The third-order valence-corrected chi connectivity index (χ3v) is 5.58. The molecule has 0 spiro atoms. The first kappa shape index (κ1) is 17.3. The van der Waals surface area contributed by atoms with E-state index >= 15 is 0 Å². The van der Waals surface area contributed by atoms with Gasteiger partial charge in [0.15, 0.2) is 17.1 Å². The first-order valence-corrected chi connectivity index (χ1v) is 9.87. The number of rotatable bonds is 3. The highest BCUT2D eigenvalue weighted by atomic mass is 19.1. The van der Waals surface area contributed by atoms with Crippen LogP contribution in [0.15, 0.2) is 30.7 Å². The van der Waals surface area contributed by atoms with Crippen molar-refractivity contribution in [3.8, 4) is 11.3 Å². The van der Waals surface area contributed by atoms with Crippen LogP contribution < -0.4 is 5.32 Å². The second-order valence-electron chi connectivity index (χ2n) is 7.56. The molecule has 0 bridgehead atoms. The Labute approximate surface area is 162 Å². The fraction of sp³-hybridized carbons (Fsp3) is 0.381. The van der Waals surface area contributed by atoms with Gasteiger partial charge < -0.3 is 9.72 Å². The Morgan fingerprint density at radius 2 is 1.93 bits per heavy atom. The average molecular weight is 378 g/mol. The zero-order valence-corrected chi connectivity index (χ0v) is 16.1. The lowest BCUT2D eigenvalue weighted by atomic mass is 9.95. The van der Waals surface area contributed by atoms with Gasteiger partial charge in [0.1, 0.15) is 0 Å². The Kier molecular flexibility index (Phi) is 4.12. The second-order valence-corrected chi connectivity index (χ2v) is 7.56. The summed E-state index contributed by atoms with van der Waals surface area (Å²) in [5, 5.41) is 8.03. The third kappa shape index (κ3) is 2.86. The van der Waals surface area contributed by atoms with E-state index in [1.54, 1.807) is 8.92 Å². The predicted octanol–water partition coefficient (Wildman–Crippen LogP) is 3.52. The van der Waals surface area contributed by atoms with Crippen LogP contribution in [0.4, 0.5) is 4.39 Å². The zero-order valence-electron chi connectivity index (χ0n) is 16.1. The fourth-order valence-electron chi connectivity index (χ4n) is 4.09. The number of aromatic nitrogens is 5. The van der Waals surface area contributed by atoms with E-state index in [1.807, 2.05) is 31.6 Å². The minimum Gasteiger partial charge on any atom is -0.317 e. The monoisotopic (exact) mass is 378 g/mol. The van der Waals surface area contributed by atoms with E-state index in [0.717, 1.165) is 66.2 Å². The molecule has 0 atom stereocenters. The van der Waals surface area contributed by atoms with Gasteiger partial charge in [0.05, 0.1) is 23.3 Å². The van der Waals surface area contributed by atoms with Gasteiger partial charge in [-0.05, 0) is 57.0 Å². The quantitative estimate of drug-likeness (QED) is 0.593. The summed E-state index contributed by atoms with van der Waals surface area (Å²) >= 11 is 0. The van der Waals surface area contributed by atoms with Gasteiger partial charge in [-0.1, -0.05) is 6.92 Å². The summed E-state index contributed by atoms with van der Waals surface area (Å²) in [5.41, 5.74) is 5.71. The van der Waals surface area contributed by atoms with Crippen molar-refractivity contribution < 1.29 is 4.39 Å². The van der Waals surface area contributed by atoms with Crippen LogP contribution in [-0.4, -0.2) is 37.1 Å². The van der Waals surface area contributed by atoms with E-state index in [4.69, 9.17) is 0 Å². The highest BCUT2D eigenvalue weighted by Gasteiger charge is 2.20. The van der Waals surface area contributed by atoms with E-state index in [-0.39, 0.29) is 5.82 Å². The Morgan fingerprint density at radius 3 is 2.71 bits per heavy atom. The third-order valence-electron chi connectivity index (χ3n) is 5.58. The van der Waals surface area contributed by atoms with E-state index < -0.39 is 0 Å². The molecule has 0 aliphatic carbocycles. The molecule has 1 aliphatic rings. The normalized spacial score (nSPS) is 15.7. The number of fused-ring (bicyclic) bond motifs is 2. The maximum Gasteiger partial charge on any atom is 0.173 e. The van der Waals surface area contributed by atoms with E-state index in [9.17, 15) is 4.39 Å². The van der Waals surface area contributed by atoms with Crippen LogP contribution in [-0.2, 0) is 6.42 Å². The molecule has 1 aliphatic heterocycles. The number of nitrogens with one attached hydrogen (secondary N) is 1. The molecule has 0 amide bonds. The second kappa shape index (κ2) is 6.67. The van der Waals surface area contributed by atoms with Crippen molar-refractivity contribution in [1.29, 1.82) is 0 Å². The summed E-state index contributed by atoms with van der Waals surface area (Å²) < 4.78 is 18.5. The number of halogens is 1. The lowest BCUT2D eigenvalue weighted by Crippen LogP contribution is -2.26. The SMILES string of the molecule is CCc1cc(-c2cc(F)c3nc(C4CCNCC4)cn3c2)nn2cc(C)nc12. The van der Waals surface area contributed by atoms with Crippen LogP contribution >= 0.6 is 0 Å². The highest BCUT2D eigenvalue weighted by molar-refractivity contribution is 5.65. The van der Waals surface area contributed by atoms with Crippen LogP contribution in [0.5, 0.6) is 0 Å². The van der Waals surface area contributed by atoms with Crippen LogP contribution in [0.1, 0.15) is 42.6 Å². The van der Waals surface area contributed by atoms with Crippen molar-refractivity contribution in [1.82, 2.24) is 29.3 Å². The zero-order chi connectivity index (χ0) is 19.3. The minimum absolute atomic E-state index is 0.320. The number of hydrogen-bond donors (Lipinski definition) is 1. The first-order chi connectivity index (χ1) is 13.6. The molecule has 6 nitrogen and oxygen atoms in total. The molecular weight excluding hydrogens is 355 g/mol. The Bertz CT molecular complexity index is 1170. The van der Waals surface area contributed by atoms with Crippen molar-refractivity contribution in [2.45, 2.75) is 39.0 Å². The van der Waals surface area contributed by atoms with Gasteiger partial charge in [0.25, 0.3) is 0 Å². The lowest BCUT2D eigenvalue weighted by molar-refractivity contribution is 0.454. The summed E-state index contributed by atoms with van der Waals surface area (Å²) in [5.74, 6) is 0.0681. The van der Waals surface area contributed by atoms with Crippen LogP contribution in [0.25, 0.3) is 22.6 Å². The molecule has 0 aromatic carbocycles. The minimum atomic E-state index is -0.320. The molecule has 5 heterocycles. The first-order valence-electron chi connectivity index (χ1n) is 9.87. The van der Waals surface area contributed by atoms with Gasteiger partial charge in [-0.25, -0.2) is 18.9 Å². The Hall–Kier alpha value is -2.80. The summed E-state index contributed by atoms with van der Waals surface area (Å²) in [6.07, 6.45) is 8.71. The number of nitrogens with zero attached hydrogens (tertiary/aromatic N) is 5. The number of hydrogen-bond acceptors (Lipinski definition) is 4. The summed E-state index contributed by atoms with van der Waals surface area (Å²) in [7, 11) is 0. The van der Waals surface area contributed by atoms with Crippen molar-refractivity contribution in [3.63, 3.8) is 0 Å². The maximum absolute atomic E-state index is 14.9. The lowest BCUT2D eigenvalue weighted by Gasteiger charge is -2.20. The molecule has 1 saturated heterocycles. The van der Waals surface area contributed by atoms with Crippen molar-refractivity contribution in [3.05, 3.63) is 53.5 Å². The van der Waals surface area contributed by atoms with Gasteiger partial charge >= 0.3 is 0 Å². The number of piperidine rings is 1. The average Bonchev–Trinajstić information content (AvgIpc) is 3.30. The Morgan fingerprint density at radius 1 is 1.11 bits per heavy atom. The molecular formula is C21H23FN6. The molecule has 144 valence electrons. The summed E-state index contributed by atoms with van der Waals surface area (Å²) in [6.45, 7) is 6.02. The van der Waals surface area contributed by atoms with Crippen LogP contribution in [0, 0.1) is 12.7 Å². The van der Waals surface area contributed by atoms with E-state index in [1.165, 1.54) is 6.07 Å². The highest BCUT2D eigenvalue weighted by Crippen LogP contribution is 2.28. The van der Waals surface area contributed by atoms with Crippen molar-refractivity contribution in [2.75, 3.05) is 13.1 Å². The molecule has 1 N–H and O–H groups in total. The van der Waals surface area contributed by atoms with Gasteiger partial charge in [-0.3, -0.25) is 0 Å². The standard InChI is InChI=1S/C21H23FN6/c1-3-14-9-18(26-28-10-13(2)24-20(14)28)16-8-17(22)21-25-19(12-27(21)11-16)15-4-6-23-7-5-15/h8-12,15,23H,3-7H2,1-2H3. The smallest absolute Gasteiger partial charge is 0.173 e. The summed E-state index contributed by atoms with van der Waals surface area (Å²) in [6, 6.07) is 3.54. The van der Waals surface area contributed by atoms with Gasteiger partial charge in [-0.2, -0.15) is 5.10 Å². The molecule has 0 saturated carbocycles. The molecule has 5 rings (SSSR count). The molecule has 28 heavy (non-hydrogen) atoms. The summed E-state index contributed by atoms with van der Waals surface area (Å²) in [4.78, 5) is 9.13. The number of aryl methyl sites for hydroxylation is 2. The predicted molar refractivity (Wildman–Crippen MR) is 106 cm³/mol. The van der Waals surface area contributed by atoms with Crippen LogP contribution in [0.3, 0.4) is 0 Å². The molecule has 4 aromatic heterocycles. The fourth-order valence-corrected chi connectivity index (χ4v) is 4.09. The van der Waals surface area contributed by atoms with E-state index in [2.05, 4.69) is 27.3 Å². The molecule has 4 aromatic rings. The number of imidazole rings is 2. The molecule has 1 fully saturated rings. The van der Waals surface area contributed by atoms with Crippen molar-refractivity contribution >= 4 is 11.3 Å². The van der Waals surface area contributed by atoms with E-state index in [0.29, 0.717) is 11.6 Å². The maximum atomic E-state index is 14.9. The van der Waals surface area contributed by atoms with Gasteiger partial charge in [0, 0.05) is 23.9 Å². The van der Waals surface area contributed by atoms with Gasteiger partial charge in [0.2, 0.25) is 0 Å². The number of pyridine rings is 1. The van der Waals surface area contributed by atoms with Gasteiger partial charge in [-0.15, -0.1) is 0 Å². The molecule has 0 unspecified atom stereocenters. The Balaban J connectivity index is 1.62. The van der Waals surface area contributed by atoms with Crippen LogP contribution in [0.2, 0.25) is 0 Å². The molecule has 7 heteroatoms. The van der Waals surface area contributed by atoms with Crippen molar-refractivity contribution in [2.24, 2.45) is 0 Å².